The Labute approximate surface area is 117 Å². The maximum atomic E-state index is 12.0. The van der Waals surface area contributed by atoms with E-state index in [4.69, 9.17) is 9.57 Å². The molecule has 4 heteroatoms. The van der Waals surface area contributed by atoms with E-state index in [1.807, 2.05) is 12.0 Å². The van der Waals surface area contributed by atoms with E-state index >= 15 is 0 Å². The van der Waals surface area contributed by atoms with Crippen molar-refractivity contribution in [3.8, 4) is 0 Å². The molecule has 4 nitrogen and oxygen atoms in total. The van der Waals surface area contributed by atoms with Gasteiger partial charge in [-0.15, -0.1) is 0 Å². The van der Waals surface area contributed by atoms with Gasteiger partial charge < -0.3 is 4.74 Å². The van der Waals surface area contributed by atoms with E-state index in [1.165, 1.54) is 6.42 Å². The predicted molar refractivity (Wildman–Crippen MR) is 75.6 cm³/mol. The minimum atomic E-state index is -0.956. The van der Waals surface area contributed by atoms with Crippen LogP contribution < -0.4 is 0 Å². The van der Waals surface area contributed by atoms with Gasteiger partial charge in [0, 0.05) is 11.1 Å². The molecule has 0 amide bonds. The van der Waals surface area contributed by atoms with E-state index in [9.17, 15) is 4.79 Å². The molecule has 0 atom stereocenters. The van der Waals surface area contributed by atoms with Gasteiger partial charge in [0.25, 0.3) is 0 Å². The van der Waals surface area contributed by atoms with Crippen LogP contribution in [0.25, 0.3) is 0 Å². The van der Waals surface area contributed by atoms with Gasteiger partial charge in [-0.2, -0.15) is 5.06 Å². The van der Waals surface area contributed by atoms with Crippen molar-refractivity contribution < 1.29 is 14.4 Å². The van der Waals surface area contributed by atoms with Crippen molar-refractivity contribution >= 4 is 5.97 Å². The molecule has 1 aliphatic heterocycles. The zero-order valence-corrected chi connectivity index (χ0v) is 13.5. The van der Waals surface area contributed by atoms with Crippen LogP contribution in [0.15, 0.2) is 0 Å². The van der Waals surface area contributed by atoms with E-state index in [-0.39, 0.29) is 17.0 Å². The Morgan fingerprint density at radius 2 is 1.63 bits per heavy atom. The van der Waals surface area contributed by atoms with Crippen molar-refractivity contribution in [1.82, 2.24) is 5.06 Å². The van der Waals surface area contributed by atoms with Crippen molar-refractivity contribution in [2.24, 2.45) is 0 Å². The number of esters is 1. The lowest BCUT2D eigenvalue weighted by Crippen LogP contribution is -2.61. The number of rotatable bonds is 4. The fourth-order valence-electron chi connectivity index (χ4n) is 2.79. The third-order valence-electron chi connectivity index (χ3n) is 3.76. The lowest BCUT2D eigenvalue weighted by Gasteiger charge is -2.53. The van der Waals surface area contributed by atoms with E-state index < -0.39 is 5.60 Å². The lowest BCUT2D eigenvalue weighted by atomic mass is 9.82. The summed E-state index contributed by atoms with van der Waals surface area (Å²) in [5.41, 5.74) is -1.11. The van der Waals surface area contributed by atoms with Crippen LogP contribution in [-0.4, -0.2) is 34.3 Å². The summed E-state index contributed by atoms with van der Waals surface area (Å²) in [5, 5.41) is 2.00. The summed E-state index contributed by atoms with van der Waals surface area (Å²) in [5.74, 6) is -0.313. The Morgan fingerprint density at radius 3 is 2.05 bits per heavy atom. The monoisotopic (exact) mass is 271 g/mol. The third kappa shape index (κ3) is 3.69. The molecular formula is C15H29NO3. The van der Waals surface area contributed by atoms with Crippen LogP contribution in [0.3, 0.4) is 0 Å². The summed E-state index contributed by atoms with van der Waals surface area (Å²) in [6.07, 6.45) is 3.31. The van der Waals surface area contributed by atoms with Gasteiger partial charge in [-0.1, -0.05) is 0 Å². The number of carbonyl (C=O) groups excluding carboxylic acids is 1. The zero-order valence-electron chi connectivity index (χ0n) is 13.5. The van der Waals surface area contributed by atoms with Gasteiger partial charge in [0.15, 0.2) is 5.60 Å². The van der Waals surface area contributed by atoms with Crippen LogP contribution >= 0.6 is 0 Å². The fraction of sp³-hybridized carbons (Fsp3) is 0.933. The number of hydroxylamine groups is 2. The second-order valence-electron chi connectivity index (χ2n) is 7.09. The summed E-state index contributed by atoms with van der Waals surface area (Å²) in [7, 11) is 0. The number of hydrogen-bond acceptors (Lipinski definition) is 4. The number of carbonyl (C=O) groups is 1. The molecule has 0 aromatic rings. The molecule has 0 N–H and O–H groups in total. The first-order chi connectivity index (χ1) is 8.53. The average Bonchev–Trinajstić information content (AvgIpc) is 2.23. The van der Waals surface area contributed by atoms with Crippen molar-refractivity contribution in [3.05, 3.63) is 0 Å². The number of piperidine rings is 1. The minimum absolute atomic E-state index is 0.0779. The normalized spacial score (nSPS) is 23.1. The lowest BCUT2D eigenvalue weighted by molar-refractivity contribution is -0.324. The van der Waals surface area contributed by atoms with Gasteiger partial charge in [-0.3, -0.25) is 4.84 Å². The average molecular weight is 271 g/mol. The molecule has 0 bridgehead atoms. The van der Waals surface area contributed by atoms with Crippen molar-refractivity contribution in [2.45, 2.75) is 84.4 Å². The topological polar surface area (TPSA) is 38.8 Å². The molecule has 1 heterocycles. The molecule has 0 saturated carbocycles. The van der Waals surface area contributed by atoms with Crippen LogP contribution in [0, 0.1) is 0 Å². The highest BCUT2D eigenvalue weighted by molar-refractivity contribution is 5.78. The summed E-state index contributed by atoms with van der Waals surface area (Å²) in [4.78, 5) is 18.1. The summed E-state index contributed by atoms with van der Waals surface area (Å²) in [6, 6.07) is 0. The van der Waals surface area contributed by atoms with Gasteiger partial charge in [0.2, 0.25) is 0 Å². The van der Waals surface area contributed by atoms with Gasteiger partial charge in [-0.05, 0) is 67.7 Å². The molecule has 1 rings (SSSR count). The molecule has 19 heavy (non-hydrogen) atoms. The maximum Gasteiger partial charge on any atom is 0.339 e. The molecule has 0 aromatic heterocycles. The molecule has 112 valence electrons. The highest BCUT2D eigenvalue weighted by Crippen LogP contribution is 2.40. The van der Waals surface area contributed by atoms with Crippen molar-refractivity contribution in [1.29, 1.82) is 0 Å². The van der Waals surface area contributed by atoms with Crippen LogP contribution in [0.4, 0.5) is 0 Å². The molecule has 0 aliphatic carbocycles. The second-order valence-corrected chi connectivity index (χ2v) is 7.09. The number of nitrogens with zero attached hydrogens (tertiary/aromatic N) is 1. The zero-order chi connectivity index (χ0) is 14.9. The van der Waals surface area contributed by atoms with Crippen molar-refractivity contribution in [2.75, 3.05) is 6.61 Å². The van der Waals surface area contributed by atoms with Crippen LogP contribution in [0.1, 0.15) is 67.7 Å². The Kier molecular flexibility index (Phi) is 4.68. The van der Waals surface area contributed by atoms with E-state index in [0.717, 1.165) is 12.8 Å². The fourth-order valence-corrected chi connectivity index (χ4v) is 2.79. The van der Waals surface area contributed by atoms with Gasteiger partial charge in [0.1, 0.15) is 0 Å². The first-order valence-electron chi connectivity index (χ1n) is 7.20. The summed E-state index contributed by atoms with van der Waals surface area (Å²) in [6.45, 7) is 14.4. The highest BCUT2D eigenvalue weighted by Gasteiger charge is 2.46. The van der Waals surface area contributed by atoms with E-state index in [2.05, 4.69) is 27.7 Å². The summed E-state index contributed by atoms with van der Waals surface area (Å²) >= 11 is 0. The van der Waals surface area contributed by atoms with Crippen molar-refractivity contribution in [3.63, 3.8) is 0 Å². The molecule has 1 aliphatic rings. The highest BCUT2D eigenvalue weighted by atomic mass is 16.7. The molecule has 0 radical (unpaired) electrons. The molecule has 1 saturated heterocycles. The molecule has 0 spiro atoms. The maximum absolute atomic E-state index is 12.0. The third-order valence-corrected chi connectivity index (χ3v) is 3.76. The van der Waals surface area contributed by atoms with E-state index in [1.54, 1.807) is 13.8 Å². The molecular weight excluding hydrogens is 242 g/mol. The van der Waals surface area contributed by atoms with Crippen LogP contribution in [-0.2, 0) is 14.4 Å². The van der Waals surface area contributed by atoms with Crippen LogP contribution in [0.2, 0.25) is 0 Å². The van der Waals surface area contributed by atoms with E-state index in [0.29, 0.717) is 6.61 Å². The van der Waals surface area contributed by atoms with Crippen LogP contribution in [0.5, 0.6) is 0 Å². The smallest absolute Gasteiger partial charge is 0.339 e. The Bertz CT molecular complexity index is 318. The largest absolute Gasteiger partial charge is 0.464 e. The number of ether oxygens (including phenoxy) is 1. The van der Waals surface area contributed by atoms with Gasteiger partial charge in [0.05, 0.1) is 6.61 Å². The Hall–Kier alpha value is -0.610. The number of hydrogen-bond donors (Lipinski definition) is 0. The predicted octanol–water partition coefficient (Wildman–Crippen LogP) is 3.30. The first kappa shape index (κ1) is 16.4. The first-order valence-corrected chi connectivity index (χ1v) is 7.20. The quantitative estimate of drug-likeness (QED) is 0.735. The van der Waals surface area contributed by atoms with Gasteiger partial charge >= 0.3 is 5.97 Å². The minimum Gasteiger partial charge on any atom is -0.464 e. The Balaban J connectivity index is 2.90. The second kappa shape index (κ2) is 5.41. The molecule has 1 fully saturated rings. The SMILES string of the molecule is CCOC(=O)C(C)(C)ON1C(C)(C)CCCC1(C)C. The Morgan fingerprint density at radius 1 is 1.16 bits per heavy atom. The molecule has 0 unspecified atom stereocenters. The summed E-state index contributed by atoms with van der Waals surface area (Å²) < 4.78 is 5.09. The van der Waals surface area contributed by atoms with Gasteiger partial charge in [-0.25, -0.2) is 4.79 Å². The standard InChI is InChI=1S/C15H29NO3/c1-8-18-12(17)15(6,7)19-16-13(2,3)10-9-11-14(16,4)5/h8-11H2,1-7H3. The molecule has 0 aromatic carbocycles.